The van der Waals surface area contributed by atoms with E-state index in [0.717, 1.165) is 6.07 Å². The van der Waals surface area contributed by atoms with Crippen LogP contribution in [0.25, 0.3) is 0 Å². The van der Waals surface area contributed by atoms with Gasteiger partial charge >= 0.3 is 6.18 Å². The fourth-order valence-electron chi connectivity index (χ4n) is 2.77. The molecular formula is C16H22ClF3N2O2. The fourth-order valence-corrected chi connectivity index (χ4v) is 2.77. The lowest BCUT2D eigenvalue weighted by atomic mass is 9.73. The van der Waals surface area contributed by atoms with Crippen LogP contribution >= 0.6 is 12.4 Å². The Balaban J connectivity index is 0.00000288. The van der Waals surface area contributed by atoms with E-state index in [2.05, 4.69) is 5.32 Å². The van der Waals surface area contributed by atoms with Gasteiger partial charge in [0.2, 0.25) is 5.91 Å². The first-order chi connectivity index (χ1) is 10.7. The van der Waals surface area contributed by atoms with Gasteiger partial charge < -0.3 is 15.8 Å². The zero-order valence-corrected chi connectivity index (χ0v) is 14.2. The molecule has 1 aliphatic heterocycles. The first kappa shape index (κ1) is 20.7. The lowest BCUT2D eigenvalue weighted by molar-refractivity contribution is -0.137. The third-order valence-electron chi connectivity index (χ3n) is 4.27. The molecule has 8 heteroatoms. The summed E-state index contributed by atoms with van der Waals surface area (Å²) in [5.74, 6) is -0.317. The Morgan fingerprint density at radius 2 is 2.00 bits per heavy atom. The summed E-state index contributed by atoms with van der Waals surface area (Å²) in [6.07, 6.45) is -3.29. The average molecular weight is 367 g/mol. The summed E-state index contributed by atoms with van der Waals surface area (Å²) >= 11 is 0. The van der Waals surface area contributed by atoms with E-state index >= 15 is 0 Å². The number of hydrogen-bond acceptors (Lipinski definition) is 3. The van der Waals surface area contributed by atoms with E-state index in [4.69, 9.17) is 10.5 Å². The molecule has 0 radical (unpaired) electrons. The third kappa shape index (κ3) is 4.84. The van der Waals surface area contributed by atoms with Crippen molar-refractivity contribution in [2.24, 2.45) is 5.73 Å². The maximum atomic E-state index is 13.0. The SMILES string of the molecule is C[C@H](N)C(=O)NCC1(c2cccc(C(F)(F)F)c2)CCOCC1.Cl. The van der Waals surface area contributed by atoms with E-state index < -0.39 is 23.2 Å². The summed E-state index contributed by atoms with van der Waals surface area (Å²) in [4.78, 5) is 11.7. The Bertz CT molecular complexity index is 558. The number of halogens is 4. The molecule has 1 heterocycles. The van der Waals surface area contributed by atoms with Crippen LogP contribution in [0.1, 0.15) is 30.9 Å². The van der Waals surface area contributed by atoms with Crippen LogP contribution in [0.3, 0.4) is 0 Å². The Kier molecular flexibility index (Phi) is 7.07. The van der Waals surface area contributed by atoms with Crippen molar-refractivity contribution in [2.45, 2.75) is 37.4 Å². The van der Waals surface area contributed by atoms with Crippen LogP contribution in [0.5, 0.6) is 0 Å². The number of hydrogen-bond donors (Lipinski definition) is 2. The van der Waals surface area contributed by atoms with Crippen molar-refractivity contribution >= 4 is 18.3 Å². The highest BCUT2D eigenvalue weighted by atomic mass is 35.5. The first-order valence-electron chi connectivity index (χ1n) is 7.53. The van der Waals surface area contributed by atoms with Gasteiger partial charge in [0.1, 0.15) is 0 Å². The number of nitrogens with one attached hydrogen (secondary N) is 1. The molecule has 0 unspecified atom stereocenters. The number of ether oxygens (including phenoxy) is 1. The van der Waals surface area contributed by atoms with Gasteiger partial charge in [-0.15, -0.1) is 12.4 Å². The maximum Gasteiger partial charge on any atom is 0.416 e. The highest BCUT2D eigenvalue weighted by molar-refractivity contribution is 5.85. The van der Waals surface area contributed by atoms with Crippen LogP contribution in [-0.2, 0) is 21.1 Å². The summed E-state index contributed by atoms with van der Waals surface area (Å²) in [6, 6.07) is 4.65. The molecule has 1 fully saturated rings. The second kappa shape index (κ2) is 8.18. The zero-order chi connectivity index (χ0) is 17.1. The molecule has 3 N–H and O–H groups in total. The monoisotopic (exact) mass is 366 g/mol. The molecule has 0 spiro atoms. The minimum atomic E-state index is -4.39. The molecule has 1 atom stereocenters. The number of benzene rings is 1. The molecular weight excluding hydrogens is 345 g/mol. The molecule has 136 valence electrons. The van der Waals surface area contributed by atoms with Crippen molar-refractivity contribution in [1.82, 2.24) is 5.32 Å². The lowest BCUT2D eigenvalue weighted by Gasteiger charge is -2.38. The van der Waals surface area contributed by atoms with E-state index in [9.17, 15) is 18.0 Å². The summed E-state index contributed by atoms with van der Waals surface area (Å²) in [6.45, 7) is 2.71. The van der Waals surface area contributed by atoms with Gasteiger partial charge in [0.25, 0.3) is 0 Å². The van der Waals surface area contributed by atoms with E-state index in [1.54, 1.807) is 13.0 Å². The van der Waals surface area contributed by atoms with Crippen LogP contribution in [-0.4, -0.2) is 31.7 Å². The van der Waals surface area contributed by atoms with Crippen molar-refractivity contribution in [3.8, 4) is 0 Å². The molecule has 0 bridgehead atoms. The molecule has 1 amide bonds. The molecule has 24 heavy (non-hydrogen) atoms. The summed E-state index contributed by atoms with van der Waals surface area (Å²) < 4.78 is 44.2. The number of amides is 1. The molecule has 1 aliphatic rings. The molecule has 2 rings (SSSR count). The fraction of sp³-hybridized carbons (Fsp3) is 0.562. The molecule has 0 aliphatic carbocycles. The zero-order valence-electron chi connectivity index (χ0n) is 13.4. The van der Waals surface area contributed by atoms with Crippen LogP contribution in [0.2, 0.25) is 0 Å². The van der Waals surface area contributed by atoms with Gasteiger partial charge in [-0.05, 0) is 31.4 Å². The smallest absolute Gasteiger partial charge is 0.381 e. The van der Waals surface area contributed by atoms with Crippen molar-refractivity contribution < 1.29 is 22.7 Å². The van der Waals surface area contributed by atoms with Crippen LogP contribution in [0.15, 0.2) is 24.3 Å². The van der Waals surface area contributed by atoms with Gasteiger partial charge in [-0.25, -0.2) is 0 Å². The minimum absolute atomic E-state index is 0. The van der Waals surface area contributed by atoms with Crippen LogP contribution < -0.4 is 11.1 Å². The average Bonchev–Trinajstić information content (AvgIpc) is 2.52. The van der Waals surface area contributed by atoms with Gasteiger partial charge in [0, 0.05) is 25.2 Å². The quantitative estimate of drug-likeness (QED) is 0.861. The van der Waals surface area contributed by atoms with Crippen molar-refractivity contribution in [3.05, 3.63) is 35.4 Å². The van der Waals surface area contributed by atoms with Crippen molar-refractivity contribution in [3.63, 3.8) is 0 Å². The van der Waals surface area contributed by atoms with E-state index in [1.165, 1.54) is 12.1 Å². The summed E-state index contributed by atoms with van der Waals surface area (Å²) in [5, 5.41) is 2.75. The molecule has 1 saturated heterocycles. The predicted molar refractivity (Wildman–Crippen MR) is 87.1 cm³/mol. The number of rotatable bonds is 4. The van der Waals surface area contributed by atoms with Crippen molar-refractivity contribution in [2.75, 3.05) is 19.8 Å². The highest BCUT2D eigenvalue weighted by Crippen LogP contribution is 2.37. The van der Waals surface area contributed by atoms with Crippen molar-refractivity contribution in [1.29, 1.82) is 0 Å². The standard InChI is InChI=1S/C16H21F3N2O2.ClH/c1-11(20)14(22)21-10-15(5-7-23-8-6-15)12-3-2-4-13(9-12)16(17,18)19;/h2-4,9,11H,5-8,10,20H2,1H3,(H,21,22);1H/t11-;/m0./s1. The second-order valence-electron chi connectivity index (χ2n) is 5.98. The van der Waals surface area contributed by atoms with Gasteiger partial charge in [0.05, 0.1) is 11.6 Å². The molecule has 0 saturated carbocycles. The highest BCUT2D eigenvalue weighted by Gasteiger charge is 2.37. The Morgan fingerprint density at radius 3 is 2.54 bits per heavy atom. The molecule has 0 aromatic heterocycles. The Hall–Kier alpha value is -1.31. The van der Waals surface area contributed by atoms with E-state index in [-0.39, 0.29) is 24.9 Å². The van der Waals surface area contributed by atoms with Gasteiger partial charge in [-0.1, -0.05) is 18.2 Å². The molecule has 1 aromatic rings. The number of alkyl halides is 3. The topological polar surface area (TPSA) is 64.4 Å². The Labute approximate surface area is 145 Å². The van der Waals surface area contributed by atoms with Gasteiger partial charge in [-0.3, -0.25) is 4.79 Å². The second-order valence-corrected chi connectivity index (χ2v) is 5.98. The summed E-state index contributed by atoms with van der Waals surface area (Å²) in [5.41, 5.74) is 4.85. The normalized spacial score (nSPS) is 18.4. The first-order valence-corrected chi connectivity index (χ1v) is 7.53. The number of nitrogens with two attached hydrogens (primary N) is 1. The maximum absolute atomic E-state index is 13.0. The van der Waals surface area contributed by atoms with E-state index in [0.29, 0.717) is 31.6 Å². The minimum Gasteiger partial charge on any atom is -0.381 e. The lowest BCUT2D eigenvalue weighted by Crippen LogP contribution is -2.48. The predicted octanol–water partition coefficient (Wildman–Crippen LogP) is 2.64. The molecule has 4 nitrogen and oxygen atoms in total. The van der Waals surface area contributed by atoms with Crippen LogP contribution in [0.4, 0.5) is 13.2 Å². The third-order valence-corrected chi connectivity index (χ3v) is 4.27. The number of carbonyl (C=O) groups excluding carboxylic acids is 1. The largest absolute Gasteiger partial charge is 0.416 e. The summed E-state index contributed by atoms with van der Waals surface area (Å²) in [7, 11) is 0. The van der Waals surface area contributed by atoms with Crippen LogP contribution in [0, 0.1) is 0 Å². The number of carbonyl (C=O) groups is 1. The van der Waals surface area contributed by atoms with Gasteiger partial charge in [-0.2, -0.15) is 13.2 Å². The van der Waals surface area contributed by atoms with E-state index in [1.807, 2.05) is 0 Å². The Morgan fingerprint density at radius 1 is 1.38 bits per heavy atom. The van der Waals surface area contributed by atoms with Gasteiger partial charge in [0.15, 0.2) is 0 Å². The molecule has 1 aromatic carbocycles.